The molecule has 0 aromatic carbocycles. The first-order chi connectivity index (χ1) is 14.8. The van der Waals surface area contributed by atoms with Crippen LogP contribution in [0, 0.1) is 6.92 Å². The van der Waals surface area contributed by atoms with Crippen LogP contribution in [-0.4, -0.2) is 48.9 Å². The van der Waals surface area contributed by atoms with Crippen molar-refractivity contribution in [3.63, 3.8) is 0 Å². The van der Waals surface area contributed by atoms with Gasteiger partial charge in [-0.15, -0.1) is 0 Å². The Labute approximate surface area is 180 Å². The third-order valence-corrected chi connectivity index (χ3v) is 5.92. The smallest absolute Gasteiger partial charge is 0.258 e. The highest BCUT2D eigenvalue weighted by atomic mass is 16.3. The molecular weight excluding hydrogens is 394 g/mol. The van der Waals surface area contributed by atoms with Crippen molar-refractivity contribution >= 4 is 28.6 Å². The third kappa shape index (κ3) is 3.68. The average Bonchev–Trinajstić information content (AvgIpc) is 3.29. The van der Waals surface area contributed by atoms with Crippen molar-refractivity contribution in [3.8, 4) is 0 Å². The quantitative estimate of drug-likeness (QED) is 0.646. The van der Waals surface area contributed by atoms with E-state index in [1.165, 1.54) is 6.26 Å². The highest BCUT2D eigenvalue weighted by Crippen LogP contribution is 2.40. The molecule has 1 amide bonds. The number of hydrogen-bond donors (Lipinski definition) is 2. The Morgan fingerprint density at radius 3 is 2.77 bits per heavy atom. The molecule has 162 valence electrons. The van der Waals surface area contributed by atoms with Crippen LogP contribution in [-0.2, 0) is 13.0 Å². The zero-order chi connectivity index (χ0) is 21.8. The number of fused-ring (bicyclic) bond motifs is 2. The minimum atomic E-state index is -0.0992. The molecule has 0 radical (unpaired) electrons. The third-order valence-electron chi connectivity index (χ3n) is 5.92. The Bertz CT molecular complexity index is 1170. The Morgan fingerprint density at radius 2 is 2.03 bits per heavy atom. The van der Waals surface area contributed by atoms with Crippen LogP contribution >= 0.6 is 0 Å². The molecule has 0 unspecified atom stereocenters. The van der Waals surface area contributed by atoms with Crippen LogP contribution in [0.4, 0.5) is 11.6 Å². The van der Waals surface area contributed by atoms with Gasteiger partial charge in [0, 0.05) is 23.7 Å². The fourth-order valence-corrected chi connectivity index (χ4v) is 3.99. The first-order valence-electron chi connectivity index (χ1n) is 10.8. The normalized spacial score (nSPS) is 17.0. The highest BCUT2D eigenvalue weighted by Gasteiger charge is 2.39. The van der Waals surface area contributed by atoms with Gasteiger partial charge in [-0.25, -0.2) is 15.0 Å². The molecule has 0 atom stereocenters. The van der Waals surface area contributed by atoms with Gasteiger partial charge in [-0.1, -0.05) is 0 Å². The van der Waals surface area contributed by atoms with Crippen LogP contribution in [0.15, 0.2) is 17.0 Å². The summed E-state index contributed by atoms with van der Waals surface area (Å²) in [5.74, 6) is 2.04. The van der Waals surface area contributed by atoms with Gasteiger partial charge in [0.15, 0.2) is 0 Å². The molecule has 1 aliphatic heterocycles. The van der Waals surface area contributed by atoms with Gasteiger partial charge in [0.25, 0.3) is 5.91 Å². The fraction of sp³-hybridized carbons (Fsp3) is 0.500. The van der Waals surface area contributed by atoms with Gasteiger partial charge in [-0.05, 0) is 47.0 Å². The summed E-state index contributed by atoms with van der Waals surface area (Å²) in [5, 5.41) is 7.52. The number of furan rings is 1. The molecule has 9 nitrogen and oxygen atoms in total. The molecule has 5 rings (SSSR count). The summed E-state index contributed by atoms with van der Waals surface area (Å²) in [4.78, 5) is 33.1. The molecule has 0 spiro atoms. The minimum absolute atomic E-state index is 0.0200. The van der Waals surface area contributed by atoms with Crippen LogP contribution in [0.2, 0.25) is 0 Å². The van der Waals surface area contributed by atoms with Crippen LogP contribution in [0.5, 0.6) is 0 Å². The molecule has 4 heterocycles. The monoisotopic (exact) mass is 421 g/mol. The standard InChI is InChI=1S/C22H27N7O2/c1-12(2)25-18-14-5-8-29(9-16(14)23-11-24-18)21(30)15-10-31-20-17(15)19(26-13(3)27-20)28-22(4)6-7-22/h10-12H,5-9H2,1-4H3,(H,23,24,25)(H,26,27,28). The number of aryl methyl sites for hydroxylation is 1. The van der Waals surface area contributed by atoms with E-state index in [0.29, 0.717) is 47.8 Å². The minimum Gasteiger partial charge on any atom is -0.445 e. The number of nitrogens with zero attached hydrogens (tertiary/aromatic N) is 5. The van der Waals surface area contributed by atoms with Gasteiger partial charge < -0.3 is 20.0 Å². The van der Waals surface area contributed by atoms with Crippen molar-refractivity contribution in [3.05, 3.63) is 35.2 Å². The maximum Gasteiger partial charge on any atom is 0.258 e. The molecule has 0 saturated heterocycles. The van der Waals surface area contributed by atoms with Crippen molar-refractivity contribution in [1.82, 2.24) is 24.8 Å². The van der Waals surface area contributed by atoms with Crippen molar-refractivity contribution in [2.45, 2.75) is 65.1 Å². The molecule has 2 N–H and O–H groups in total. The maximum absolute atomic E-state index is 13.5. The van der Waals surface area contributed by atoms with Gasteiger partial charge in [0.2, 0.25) is 5.71 Å². The summed E-state index contributed by atoms with van der Waals surface area (Å²) >= 11 is 0. The molecule has 1 aliphatic carbocycles. The van der Waals surface area contributed by atoms with Crippen LogP contribution < -0.4 is 10.6 Å². The lowest BCUT2D eigenvalue weighted by molar-refractivity contribution is 0.0732. The van der Waals surface area contributed by atoms with E-state index in [0.717, 1.165) is 29.9 Å². The Hall–Kier alpha value is -3.23. The number of rotatable bonds is 5. The van der Waals surface area contributed by atoms with E-state index in [9.17, 15) is 4.79 Å². The van der Waals surface area contributed by atoms with Crippen molar-refractivity contribution in [2.24, 2.45) is 0 Å². The zero-order valence-electron chi connectivity index (χ0n) is 18.3. The molecule has 0 bridgehead atoms. The average molecular weight is 422 g/mol. The number of anilines is 2. The summed E-state index contributed by atoms with van der Waals surface area (Å²) in [6, 6.07) is 0.277. The molecule has 3 aromatic heterocycles. The van der Waals surface area contributed by atoms with Crippen molar-refractivity contribution < 1.29 is 9.21 Å². The van der Waals surface area contributed by atoms with Gasteiger partial charge in [0.05, 0.1) is 23.2 Å². The predicted octanol–water partition coefficient (Wildman–Crippen LogP) is 3.30. The number of carbonyl (C=O) groups is 1. The number of nitrogens with one attached hydrogen (secondary N) is 2. The lowest BCUT2D eigenvalue weighted by atomic mass is 10.0. The summed E-state index contributed by atoms with van der Waals surface area (Å²) in [6.45, 7) is 9.16. The van der Waals surface area contributed by atoms with Crippen LogP contribution in [0.25, 0.3) is 11.1 Å². The van der Waals surface area contributed by atoms with Crippen LogP contribution in [0.3, 0.4) is 0 Å². The van der Waals surface area contributed by atoms with E-state index in [-0.39, 0.29) is 17.5 Å². The molecule has 31 heavy (non-hydrogen) atoms. The molecule has 3 aromatic rings. The topological polar surface area (TPSA) is 109 Å². The van der Waals surface area contributed by atoms with Gasteiger partial charge >= 0.3 is 0 Å². The lowest BCUT2D eigenvalue weighted by Crippen LogP contribution is -2.37. The van der Waals surface area contributed by atoms with E-state index in [1.54, 1.807) is 11.2 Å². The van der Waals surface area contributed by atoms with Crippen LogP contribution in [0.1, 0.15) is 61.1 Å². The second kappa shape index (κ2) is 7.18. The number of carbonyl (C=O) groups excluding carboxylic acids is 1. The predicted molar refractivity (Wildman–Crippen MR) is 117 cm³/mol. The first kappa shape index (κ1) is 19.7. The SMILES string of the molecule is Cc1nc(NC2(C)CC2)c2c(C(=O)N3CCc4c(ncnc4NC(C)C)C3)coc2n1. The second-order valence-electron chi connectivity index (χ2n) is 9.06. The van der Waals surface area contributed by atoms with Gasteiger partial charge in [0.1, 0.15) is 30.1 Å². The van der Waals surface area contributed by atoms with Crippen molar-refractivity contribution in [2.75, 3.05) is 17.2 Å². The highest BCUT2D eigenvalue weighted by molar-refractivity contribution is 6.09. The maximum atomic E-state index is 13.5. The summed E-state index contributed by atoms with van der Waals surface area (Å²) in [7, 11) is 0. The molecule has 2 aliphatic rings. The summed E-state index contributed by atoms with van der Waals surface area (Å²) < 4.78 is 5.68. The van der Waals surface area contributed by atoms with Gasteiger partial charge in [-0.3, -0.25) is 4.79 Å². The Morgan fingerprint density at radius 1 is 1.23 bits per heavy atom. The van der Waals surface area contributed by atoms with E-state index in [2.05, 4.69) is 51.3 Å². The first-order valence-corrected chi connectivity index (χ1v) is 10.8. The van der Waals surface area contributed by atoms with E-state index in [4.69, 9.17) is 4.42 Å². The van der Waals surface area contributed by atoms with Crippen molar-refractivity contribution in [1.29, 1.82) is 0 Å². The summed E-state index contributed by atoms with van der Waals surface area (Å²) in [5.41, 5.74) is 2.90. The number of aromatic nitrogens is 4. The fourth-order valence-electron chi connectivity index (χ4n) is 3.99. The molecule has 9 heteroatoms. The molecule has 1 saturated carbocycles. The van der Waals surface area contributed by atoms with Gasteiger partial charge in [-0.2, -0.15) is 4.98 Å². The Kier molecular flexibility index (Phi) is 4.56. The van der Waals surface area contributed by atoms with E-state index >= 15 is 0 Å². The number of hydrogen-bond acceptors (Lipinski definition) is 8. The zero-order valence-corrected chi connectivity index (χ0v) is 18.3. The largest absolute Gasteiger partial charge is 0.445 e. The van der Waals surface area contributed by atoms with E-state index in [1.807, 2.05) is 6.92 Å². The lowest BCUT2D eigenvalue weighted by Gasteiger charge is -2.29. The molecular formula is C22H27N7O2. The summed E-state index contributed by atoms with van der Waals surface area (Å²) in [6.07, 6.45) is 5.91. The Balaban J connectivity index is 1.46. The van der Waals surface area contributed by atoms with E-state index < -0.39 is 0 Å². The second-order valence-corrected chi connectivity index (χ2v) is 9.06. The number of amides is 1. The molecule has 1 fully saturated rings.